The number of pyridine rings is 1. The lowest BCUT2D eigenvalue weighted by Crippen LogP contribution is -2.47. The van der Waals surface area contributed by atoms with E-state index >= 15 is 0 Å². The van der Waals surface area contributed by atoms with Gasteiger partial charge in [-0.25, -0.2) is 8.42 Å². The molecular weight excluding hydrogens is 410 g/mol. The van der Waals surface area contributed by atoms with E-state index in [9.17, 15) is 13.2 Å². The zero-order valence-corrected chi connectivity index (χ0v) is 18.3. The van der Waals surface area contributed by atoms with Gasteiger partial charge in [0.2, 0.25) is 10.0 Å². The molecule has 0 saturated carbocycles. The van der Waals surface area contributed by atoms with Crippen molar-refractivity contribution in [1.29, 1.82) is 0 Å². The van der Waals surface area contributed by atoms with Gasteiger partial charge in [0.05, 0.1) is 6.26 Å². The van der Waals surface area contributed by atoms with Gasteiger partial charge in [-0.15, -0.1) is 0 Å². The highest BCUT2D eigenvalue weighted by Gasteiger charge is 2.24. The number of nitrogens with zero attached hydrogens (tertiary/aromatic N) is 2. The first-order chi connectivity index (χ1) is 14.9. The number of nitrogens with one attached hydrogen (secondary N) is 1. The maximum absolute atomic E-state index is 12.6. The highest BCUT2D eigenvalue weighted by atomic mass is 32.2. The summed E-state index contributed by atoms with van der Waals surface area (Å²) in [6.45, 7) is 3.34. The van der Waals surface area contributed by atoms with Crippen LogP contribution in [0.5, 0.6) is 0 Å². The number of aromatic amines is 1. The van der Waals surface area contributed by atoms with Crippen LogP contribution in [0.3, 0.4) is 0 Å². The van der Waals surface area contributed by atoms with E-state index in [-0.39, 0.29) is 5.56 Å². The number of benzene rings is 2. The molecule has 5 rings (SSSR count). The number of rotatable bonds is 4. The van der Waals surface area contributed by atoms with Gasteiger partial charge in [0, 0.05) is 43.8 Å². The van der Waals surface area contributed by atoms with Crippen LogP contribution in [0.1, 0.15) is 22.3 Å². The van der Waals surface area contributed by atoms with Crippen LogP contribution < -0.4 is 5.56 Å². The summed E-state index contributed by atoms with van der Waals surface area (Å²) < 4.78 is 24.9. The molecule has 1 fully saturated rings. The molecule has 0 amide bonds. The van der Waals surface area contributed by atoms with Crippen molar-refractivity contribution in [3.63, 3.8) is 0 Å². The number of H-pyrrole nitrogens is 1. The second-order valence-corrected chi connectivity index (χ2v) is 10.4. The smallest absolute Gasteiger partial charge is 0.255 e. The summed E-state index contributed by atoms with van der Waals surface area (Å²) in [5.41, 5.74) is 6.17. The first kappa shape index (κ1) is 20.2. The number of hydrogen-bond donors (Lipinski definition) is 1. The average molecular weight is 436 g/mol. The Hall–Kier alpha value is -2.74. The van der Waals surface area contributed by atoms with Crippen molar-refractivity contribution in [3.05, 3.63) is 81.1 Å². The maximum Gasteiger partial charge on any atom is 0.255 e. The third-order valence-electron chi connectivity index (χ3n) is 6.23. The highest BCUT2D eigenvalue weighted by molar-refractivity contribution is 7.88. The second-order valence-electron chi connectivity index (χ2n) is 8.42. The molecule has 1 N–H and O–H groups in total. The highest BCUT2D eigenvalue weighted by Crippen LogP contribution is 2.32. The molecule has 0 atom stereocenters. The normalized spacial score (nSPS) is 17.6. The van der Waals surface area contributed by atoms with Gasteiger partial charge in [0.15, 0.2) is 0 Å². The Morgan fingerprint density at radius 1 is 1.00 bits per heavy atom. The van der Waals surface area contributed by atoms with Crippen LogP contribution in [0, 0.1) is 0 Å². The number of para-hydroxylation sites is 1. The number of aromatic nitrogens is 1. The van der Waals surface area contributed by atoms with E-state index in [1.165, 1.54) is 17.4 Å². The molecule has 6 nitrogen and oxygen atoms in total. The minimum Gasteiger partial charge on any atom is -0.321 e. The molecule has 0 spiro atoms. The number of allylic oxidation sites excluding steroid dienone is 1. The van der Waals surface area contributed by atoms with Gasteiger partial charge >= 0.3 is 0 Å². The number of sulfonamides is 1. The van der Waals surface area contributed by atoms with Crippen LogP contribution in [0.2, 0.25) is 0 Å². The maximum atomic E-state index is 12.6. The quantitative estimate of drug-likeness (QED) is 0.684. The summed E-state index contributed by atoms with van der Waals surface area (Å²) >= 11 is 0. The van der Waals surface area contributed by atoms with E-state index in [1.807, 2.05) is 30.3 Å². The predicted molar refractivity (Wildman–Crippen MR) is 124 cm³/mol. The molecule has 2 aromatic carbocycles. The summed E-state index contributed by atoms with van der Waals surface area (Å²) in [4.78, 5) is 17.9. The van der Waals surface area contributed by atoms with Crippen LogP contribution in [0.25, 0.3) is 22.6 Å². The SMILES string of the molecule is CS(=O)(=O)N1CCN(Cc2ccc3c(c2)C=C(c2cc4ccccc4[nH]c2=O)C3)CC1. The van der Waals surface area contributed by atoms with E-state index < -0.39 is 10.0 Å². The molecule has 31 heavy (non-hydrogen) atoms. The van der Waals surface area contributed by atoms with Crippen molar-refractivity contribution in [1.82, 2.24) is 14.2 Å². The van der Waals surface area contributed by atoms with E-state index in [4.69, 9.17) is 0 Å². The lowest BCUT2D eigenvalue weighted by Gasteiger charge is -2.33. The summed E-state index contributed by atoms with van der Waals surface area (Å²) in [5, 5.41) is 1.03. The molecule has 160 valence electrons. The fourth-order valence-corrected chi connectivity index (χ4v) is 5.34. The third-order valence-corrected chi connectivity index (χ3v) is 7.53. The number of piperazine rings is 1. The molecule has 1 saturated heterocycles. The predicted octanol–water partition coefficient (Wildman–Crippen LogP) is 2.70. The minimum atomic E-state index is -3.11. The molecular formula is C24H25N3O3S. The molecule has 2 aliphatic rings. The Morgan fingerprint density at radius 2 is 1.77 bits per heavy atom. The molecule has 0 radical (unpaired) electrons. The van der Waals surface area contributed by atoms with Crippen LogP contribution in [0.15, 0.2) is 53.3 Å². The fraction of sp³-hybridized carbons (Fsp3) is 0.292. The Morgan fingerprint density at radius 3 is 2.55 bits per heavy atom. The van der Waals surface area contributed by atoms with Crippen LogP contribution >= 0.6 is 0 Å². The van der Waals surface area contributed by atoms with Gasteiger partial charge in [-0.3, -0.25) is 9.69 Å². The minimum absolute atomic E-state index is 0.0540. The second kappa shape index (κ2) is 7.75. The van der Waals surface area contributed by atoms with Crippen LogP contribution in [0.4, 0.5) is 0 Å². The molecule has 7 heteroatoms. The van der Waals surface area contributed by atoms with Gasteiger partial charge in [0.1, 0.15) is 0 Å². The van der Waals surface area contributed by atoms with Gasteiger partial charge in [-0.2, -0.15) is 4.31 Å². The van der Waals surface area contributed by atoms with Crippen molar-refractivity contribution in [3.8, 4) is 0 Å². The summed E-state index contributed by atoms with van der Waals surface area (Å²) in [6, 6.07) is 16.3. The molecule has 3 aromatic rings. The molecule has 0 unspecified atom stereocenters. The topological polar surface area (TPSA) is 73.5 Å². The van der Waals surface area contributed by atoms with Gasteiger partial charge in [0.25, 0.3) is 5.56 Å². The Balaban J connectivity index is 1.34. The van der Waals surface area contributed by atoms with Crippen molar-refractivity contribution < 1.29 is 8.42 Å². The van der Waals surface area contributed by atoms with E-state index in [0.717, 1.165) is 53.7 Å². The van der Waals surface area contributed by atoms with Crippen LogP contribution in [-0.2, 0) is 23.0 Å². The van der Waals surface area contributed by atoms with Crippen LogP contribution in [-0.4, -0.2) is 55.0 Å². The zero-order chi connectivity index (χ0) is 21.6. The lowest BCUT2D eigenvalue weighted by molar-refractivity contribution is 0.182. The first-order valence-electron chi connectivity index (χ1n) is 10.5. The number of fused-ring (bicyclic) bond motifs is 2. The number of hydrogen-bond acceptors (Lipinski definition) is 4. The van der Waals surface area contributed by atoms with Gasteiger partial charge < -0.3 is 4.98 Å². The van der Waals surface area contributed by atoms with Crippen molar-refractivity contribution in [2.75, 3.05) is 32.4 Å². The monoisotopic (exact) mass is 435 g/mol. The summed E-state index contributed by atoms with van der Waals surface area (Å²) in [6.07, 6.45) is 4.15. The molecule has 0 bridgehead atoms. The van der Waals surface area contributed by atoms with E-state index in [2.05, 4.69) is 34.2 Å². The third kappa shape index (κ3) is 4.08. The van der Waals surface area contributed by atoms with Crippen molar-refractivity contribution >= 4 is 32.6 Å². The fourth-order valence-electron chi connectivity index (χ4n) is 4.52. The Bertz CT molecular complexity index is 1350. The summed E-state index contributed by atoms with van der Waals surface area (Å²) in [7, 11) is -3.11. The standard InChI is InChI=1S/C24H25N3O3S/c1-31(29,30)27-10-8-26(9-11-27)16-17-6-7-18-13-21(14-20(18)12-17)22-15-19-4-2-3-5-23(19)25-24(22)28/h2-7,12,14-15H,8-11,13,16H2,1H3,(H,25,28). The average Bonchev–Trinajstić information content (AvgIpc) is 3.16. The molecule has 2 heterocycles. The Labute approximate surface area is 181 Å². The van der Waals surface area contributed by atoms with Crippen molar-refractivity contribution in [2.24, 2.45) is 0 Å². The summed E-state index contributed by atoms with van der Waals surface area (Å²) in [5.74, 6) is 0. The Kier molecular flexibility index (Phi) is 5.04. The largest absolute Gasteiger partial charge is 0.321 e. The van der Waals surface area contributed by atoms with E-state index in [0.29, 0.717) is 13.1 Å². The molecule has 1 aromatic heterocycles. The molecule has 1 aliphatic heterocycles. The molecule has 1 aliphatic carbocycles. The van der Waals surface area contributed by atoms with Gasteiger partial charge in [-0.05, 0) is 46.2 Å². The van der Waals surface area contributed by atoms with Gasteiger partial charge in [-0.1, -0.05) is 42.5 Å². The lowest BCUT2D eigenvalue weighted by atomic mass is 10.0. The van der Waals surface area contributed by atoms with E-state index in [1.54, 1.807) is 4.31 Å². The zero-order valence-electron chi connectivity index (χ0n) is 17.5. The first-order valence-corrected chi connectivity index (χ1v) is 12.3. The van der Waals surface area contributed by atoms with Crippen molar-refractivity contribution in [2.45, 2.75) is 13.0 Å².